The molecule has 17 nitrogen and oxygen atoms in total. The minimum Gasteiger partial charge on any atom is -0.462 e. The first-order valence-corrected chi connectivity index (χ1v) is 40.1. The van der Waals surface area contributed by atoms with Crippen molar-refractivity contribution in [3.8, 4) is 0 Å². The molecule has 0 spiro atoms. The van der Waals surface area contributed by atoms with E-state index in [2.05, 4.69) is 52.0 Å². The molecule has 0 aliphatic heterocycles. The van der Waals surface area contributed by atoms with Crippen molar-refractivity contribution in [1.29, 1.82) is 0 Å². The molecule has 2 unspecified atom stereocenters. The predicted octanol–water partition coefficient (Wildman–Crippen LogP) is 20.6. The molecule has 0 saturated carbocycles. The van der Waals surface area contributed by atoms with Crippen LogP contribution in [0.2, 0.25) is 0 Å². The third-order valence-electron chi connectivity index (χ3n) is 16.2. The smallest absolute Gasteiger partial charge is 0.462 e. The predicted molar refractivity (Wildman–Crippen MR) is 368 cm³/mol. The Hall–Kier alpha value is -2.46. The van der Waals surface area contributed by atoms with Crippen molar-refractivity contribution in [2.24, 2.45) is 0 Å². The van der Waals surface area contributed by atoms with Crippen LogP contribution in [0.25, 0.3) is 0 Å². The number of allylic oxidation sites excluding steroid dienone is 4. The lowest BCUT2D eigenvalue weighted by Gasteiger charge is -2.21. The number of phosphoric ester groups is 2. The summed E-state index contributed by atoms with van der Waals surface area (Å²) in [6, 6.07) is 0. The van der Waals surface area contributed by atoms with Crippen molar-refractivity contribution in [3.63, 3.8) is 0 Å². The number of aliphatic hydroxyl groups is 1. The molecule has 5 atom stereocenters. The Kier molecular flexibility index (Phi) is 64.4. The van der Waals surface area contributed by atoms with Crippen LogP contribution in [0, 0.1) is 0 Å². The first kappa shape index (κ1) is 88.5. The maximum atomic E-state index is 13.0. The minimum atomic E-state index is -4.96. The number of ether oxygens (including phenoxy) is 4. The van der Waals surface area contributed by atoms with E-state index in [1.807, 2.05) is 0 Å². The summed E-state index contributed by atoms with van der Waals surface area (Å²) in [7, 11) is -9.91. The summed E-state index contributed by atoms with van der Waals surface area (Å²) in [5.74, 6) is -2.15. The Balaban J connectivity index is 5.28. The maximum Gasteiger partial charge on any atom is 0.472 e. The summed E-state index contributed by atoms with van der Waals surface area (Å²) < 4.78 is 68.3. The number of hydrogen-bond donors (Lipinski definition) is 3. The van der Waals surface area contributed by atoms with E-state index in [9.17, 15) is 43.2 Å². The molecule has 0 aromatic rings. The van der Waals surface area contributed by atoms with Crippen LogP contribution in [-0.4, -0.2) is 96.7 Å². The number of unbranched alkanes of at least 4 members (excludes halogenated alkanes) is 42. The molecular formula is C72H136O17P2. The Morgan fingerprint density at radius 2 is 0.527 bits per heavy atom. The molecule has 0 rings (SSSR count). The van der Waals surface area contributed by atoms with Crippen molar-refractivity contribution in [2.75, 3.05) is 39.6 Å². The van der Waals surface area contributed by atoms with E-state index in [4.69, 9.17) is 37.0 Å². The van der Waals surface area contributed by atoms with Crippen LogP contribution in [0.4, 0.5) is 0 Å². The van der Waals surface area contributed by atoms with Crippen molar-refractivity contribution in [2.45, 2.75) is 373 Å². The Morgan fingerprint density at radius 1 is 0.308 bits per heavy atom. The second-order valence-electron chi connectivity index (χ2n) is 25.3. The molecule has 3 N–H and O–H groups in total. The second-order valence-corrected chi connectivity index (χ2v) is 28.2. The van der Waals surface area contributed by atoms with Gasteiger partial charge in [0, 0.05) is 25.7 Å². The molecule has 0 amide bonds. The van der Waals surface area contributed by atoms with Gasteiger partial charge < -0.3 is 33.8 Å². The summed E-state index contributed by atoms with van der Waals surface area (Å²) in [6.07, 6.45) is 57.5. The highest BCUT2D eigenvalue weighted by atomic mass is 31.2. The number of phosphoric acid groups is 2. The number of aliphatic hydroxyl groups excluding tert-OH is 1. The highest BCUT2D eigenvalue weighted by molar-refractivity contribution is 7.47. The first-order chi connectivity index (χ1) is 44.2. The summed E-state index contributed by atoms with van der Waals surface area (Å²) in [4.78, 5) is 72.6. The van der Waals surface area contributed by atoms with E-state index in [1.165, 1.54) is 173 Å². The van der Waals surface area contributed by atoms with Gasteiger partial charge in [-0.1, -0.05) is 302 Å². The molecule has 0 aliphatic carbocycles. The lowest BCUT2D eigenvalue weighted by molar-refractivity contribution is -0.161. The molecular weight excluding hydrogens is 1200 g/mol. The summed E-state index contributed by atoms with van der Waals surface area (Å²) in [5.41, 5.74) is 0. The molecule has 91 heavy (non-hydrogen) atoms. The maximum absolute atomic E-state index is 13.0. The van der Waals surface area contributed by atoms with Gasteiger partial charge in [0.05, 0.1) is 26.4 Å². The SMILES string of the molecule is CCCCCC/C=C\C=C/CCCCCCCC(=O)O[C@H](COC(=O)CCCCCCCCCCCCCCCC)COP(=O)(O)OC[C@@H](O)COP(=O)(O)OC[C@@H](COC(=O)CCCCCCCCCCCC)OC(=O)CCCCCCCCCCCCCC. The third kappa shape index (κ3) is 66.0. The molecule has 19 heteroatoms. The van der Waals surface area contributed by atoms with Crippen LogP contribution < -0.4 is 0 Å². The Bertz CT molecular complexity index is 1830. The summed E-state index contributed by atoms with van der Waals surface area (Å²) in [6.45, 7) is 4.89. The molecule has 0 bridgehead atoms. The van der Waals surface area contributed by atoms with Crippen LogP contribution >= 0.6 is 15.6 Å². The van der Waals surface area contributed by atoms with E-state index in [0.29, 0.717) is 25.7 Å². The van der Waals surface area contributed by atoms with Crippen molar-refractivity contribution < 1.29 is 80.2 Å². The first-order valence-electron chi connectivity index (χ1n) is 37.1. The standard InChI is InChI=1S/C72H136O17P2/c1-5-9-13-17-21-25-29-32-34-36-39-43-47-51-55-59-72(77)89-68(63-83-70(75)57-53-49-45-41-38-35-33-30-26-22-18-14-10-6-2)65-87-91(80,81)85-61-66(73)60-84-90(78,79)86-64-67(62-82-69(74)56-52-48-44-40-28-24-20-16-12-8-4)88-71(76)58-54-50-46-42-37-31-27-23-19-15-11-7-3/h25,29,32,34,66-68,73H,5-24,26-28,30-31,33,35-65H2,1-4H3,(H,78,79)(H,80,81)/b29-25-,34-32-/t66-,67+,68+/m0/s1. The zero-order valence-corrected chi connectivity index (χ0v) is 60.1. The number of carbonyl (C=O) groups excluding carboxylic acids is 4. The second kappa shape index (κ2) is 66.2. The van der Waals surface area contributed by atoms with Crippen molar-refractivity contribution in [1.82, 2.24) is 0 Å². The van der Waals surface area contributed by atoms with Gasteiger partial charge in [0.2, 0.25) is 0 Å². The molecule has 0 aromatic heterocycles. The van der Waals surface area contributed by atoms with Crippen LogP contribution in [0.15, 0.2) is 24.3 Å². The number of rotatable bonds is 71. The lowest BCUT2D eigenvalue weighted by Crippen LogP contribution is -2.30. The zero-order valence-electron chi connectivity index (χ0n) is 58.3. The monoisotopic (exact) mass is 1330 g/mol. The molecule has 0 fully saturated rings. The van der Waals surface area contributed by atoms with Gasteiger partial charge in [0.15, 0.2) is 12.2 Å². The summed E-state index contributed by atoms with van der Waals surface area (Å²) >= 11 is 0. The Labute approximate surface area is 554 Å². The minimum absolute atomic E-state index is 0.0859. The largest absolute Gasteiger partial charge is 0.472 e. The fourth-order valence-electron chi connectivity index (χ4n) is 10.5. The average Bonchev–Trinajstić information content (AvgIpc) is 3.33. The van der Waals surface area contributed by atoms with Crippen molar-refractivity contribution >= 4 is 39.5 Å². The molecule has 0 heterocycles. The quantitative estimate of drug-likeness (QED) is 0.0169. The Morgan fingerprint density at radius 3 is 0.802 bits per heavy atom. The van der Waals surface area contributed by atoms with E-state index >= 15 is 0 Å². The van der Waals surface area contributed by atoms with Gasteiger partial charge in [-0.15, -0.1) is 0 Å². The van der Waals surface area contributed by atoms with Crippen LogP contribution in [-0.2, 0) is 65.4 Å². The summed E-state index contributed by atoms with van der Waals surface area (Å²) in [5, 5.41) is 10.6. The van der Waals surface area contributed by atoms with Gasteiger partial charge in [-0.25, -0.2) is 9.13 Å². The van der Waals surface area contributed by atoms with Gasteiger partial charge in [-0.05, 0) is 51.4 Å². The number of hydrogen-bond acceptors (Lipinski definition) is 15. The molecule has 0 aromatic carbocycles. The molecule has 0 saturated heterocycles. The highest BCUT2D eigenvalue weighted by Gasteiger charge is 2.30. The number of esters is 4. The zero-order chi connectivity index (χ0) is 66.8. The highest BCUT2D eigenvalue weighted by Crippen LogP contribution is 2.45. The molecule has 536 valence electrons. The fourth-order valence-corrected chi connectivity index (χ4v) is 12.1. The van der Waals surface area contributed by atoms with Gasteiger partial charge in [0.1, 0.15) is 19.3 Å². The van der Waals surface area contributed by atoms with E-state index in [1.54, 1.807) is 0 Å². The van der Waals surface area contributed by atoms with Crippen LogP contribution in [0.5, 0.6) is 0 Å². The van der Waals surface area contributed by atoms with Gasteiger partial charge in [-0.2, -0.15) is 0 Å². The topological polar surface area (TPSA) is 237 Å². The molecule has 0 radical (unpaired) electrons. The van der Waals surface area contributed by atoms with E-state index in [0.717, 1.165) is 103 Å². The van der Waals surface area contributed by atoms with Crippen molar-refractivity contribution in [3.05, 3.63) is 24.3 Å². The van der Waals surface area contributed by atoms with E-state index < -0.39 is 97.5 Å². The average molecular weight is 1340 g/mol. The van der Waals surface area contributed by atoms with Gasteiger partial charge >= 0.3 is 39.5 Å². The van der Waals surface area contributed by atoms with Crippen LogP contribution in [0.3, 0.4) is 0 Å². The van der Waals surface area contributed by atoms with Crippen LogP contribution in [0.1, 0.15) is 355 Å². The van der Waals surface area contributed by atoms with Gasteiger partial charge in [0.25, 0.3) is 0 Å². The normalized spacial score (nSPS) is 14.1. The number of carbonyl (C=O) groups is 4. The van der Waals surface area contributed by atoms with E-state index in [-0.39, 0.29) is 25.7 Å². The van der Waals surface area contributed by atoms with Gasteiger partial charge in [-0.3, -0.25) is 37.3 Å². The molecule has 0 aliphatic rings. The lowest BCUT2D eigenvalue weighted by atomic mass is 10.0. The fraction of sp³-hybridized carbons (Fsp3) is 0.889. The third-order valence-corrected chi connectivity index (χ3v) is 18.1.